The van der Waals surface area contributed by atoms with Crippen LogP contribution in [0.2, 0.25) is 0 Å². The van der Waals surface area contributed by atoms with Gasteiger partial charge in [0.25, 0.3) is 0 Å². The highest BCUT2D eigenvalue weighted by Crippen LogP contribution is 2.09. The predicted molar refractivity (Wildman–Crippen MR) is 37.1 cm³/mol. The van der Waals surface area contributed by atoms with E-state index in [2.05, 4.69) is 16.4 Å². The van der Waals surface area contributed by atoms with Crippen molar-refractivity contribution in [2.24, 2.45) is 0 Å². The average Bonchev–Trinajstić information content (AvgIpc) is 1.85. The minimum Gasteiger partial charge on any atom is -0.298 e. The summed E-state index contributed by atoms with van der Waals surface area (Å²) in [5.41, 5.74) is -0.605. The lowest BCUT2D eigenvalue weighted by molar-refractivity contribution is -0.310. The molecule has 0 saturated carbocycles. The summed E-state index contributed by atoms with van der Waals surface area (Å²) in [5.74, 6) is -0.463. The Bertz CT molecular complexity index is 138. The second-order valence-electron chi connectivity index (χ2n) is 2.47. The van der Waals surface area contributed by atoms with Crippen LogP contribution >= 0.6 is 0 Å². The lowest BCUT2D eigenvalue weighted by atomic mass is 10.1. The third-order valence-electron chi connectivity index (χ3n) is 0.865. The van der Waals surface area contributed by atoms with Gasteiger partial charge in [-0.15, -0.1) is 6.58 Å². The zero-order chi connectivity index (χ0) is 8.20. The summed E-state index contributed by atoms with van der Waals surface area (Å²) in [6, 6.07) is 0. The molecule has 0 aliphatic heterocycles. The van der Waals surface area contributed by atoms with E-state index in [-0.39, 0.29) is 0 Å². The summed E-state index contributed by atoms with van der Waals surface area (Å²) >= 11 is 0. The number of carbonyl (C=O) groups is 1. The Morgan fingerprint density at radius 2 is 2.10 bits per heavy atom. The number of rotatable bonds is 3. The van der Waals surface area contributed by atoms with Gasteiger partial charge in [0.05, 0.1) is 0 Å². The summed E-state index contributed by atoms with van der Waals surface area (Å²) in [7, 11) is 0. The first-order valence-corrected chi connectivity index (χ1v) is 2.98. The van der Waals surface area contributed by atoms with Crippen molar-refractivity contribution in [1.29, 1.82) is 0 Å². The highest BCUT2D eigenvalue weighted by atomic mass is 17.2. The van der Waals surface area contributed by atoms with Gasteiger partial charge in [-0.05, 0) is 13.8 Å². The maximum atomic E-state index is 10.2. The van der Waals surface area contributed by atoms with Crippen molar-refractivity contribution < 1.29 is 14.6 Å². The van der Waals surface area contributed by atoms with E-state index >= 15 is 0 Å². The summed E-state index contributed by atoms with van der Waals surface area (Å²) in [4.78, 5) is 19.2. The Balaban J connectivity index is 3.67. The molecule has 3 heteroatoms. The van der Waals surface area contributed by atoms with E-state index in [1.165, 1.54) is 6.92 Å². The molecule has 0 spiro atoms. The van der Waals surface area contributed by atoms with E-state index in [1.807, 2.05) is 0 Å². The standard InChI is InChI=1S/C7H12O3/c1-5-7(3,4)10-9-6(2)8/h5H,1H2,2-4H3. The van der Waals surface area contributed by atoms with Crippen LogP contribution in [-0.2, 0) is 14.6 Å². The third-order valence-corrected chi connectivity index (χ3v) is 0.865. The topological polar surface area (TPSA) is 35.5 Å². The van der Waals surface area contributed by atoms with Crippen LogP contribution in [0.15, 0.2) is 12.7 Å². The Hall–Kier alpha value is -0.830. The van der Waals surface area contributed by atoms with Crippen LogP contribution in [0.4, 0.5) is 0 Å². The molecule has 0 heterocycles. The molecule has 0 aromatic carbocycles. The molecular weight excluding hydrogens is 132 g/mol. The van der Waals surface area contributed by atoms with Gasteiger partial charge < -0.3 is 0 Å². The summed E-state index contributed by atoms with van der Waals surface area (Å²) in [6.45, 7) is 8.25. The van der Waals surface area contributed by atoms with Crippen molar-refractivity contribution in [1.82, 2.24) is 0 Å². The average molecular weight is 144 g/mol. The number of hydrogen-bond donors (Lipinski definition) is 0. The van der Waals surface area contributed by atoms with Gasteiger partial charge in [0.15, 0.2) is 0 Å². The monoisotopic (exact) mass is 144 g/mol. The fraction of sp³-hybridized carbons (Fsp3) is 0.571. The highest BCUT2D eigenvalue weighted by Gasteiger charge is 2.15. The Kier molecular flexibility index (Phi) is 3.09. The van der Waals surface area contributed by atoms with Gasteiger partial charge >= 0.3 is 5.97 Å². The molecule has 0 atom stereocenters. The maximum Gasteiger partial charge on any atom is 0.339 e. The van der Waals surface area contributed by atoms with E-state index in [0.29, 0.717) is 0 Å². The van der Waals surface area contributed by atoms with Crippen molar-refractivity contribution in [3.05, 3.63) is 12.7 Å². The molecule has 0 fully saturated rings. The van der Waals surface area contributed by atoms with Crippen molar-refractivity contribution in [2.75, 3.05) is 0 Å². The number of hydrogen-bond acceptors (Lipinski definition) is 3. The fourth-order valence-corrected chi connectivity index (χ4v) is 0.200. The first kappa shape index (κ1) is 9.17. The van der Waals surface area contributed by atoms with Crippen molar-refractivity contribution in [3.8, 4) is 0 Å². The minimum atomic E-state index is -0.605. The molecule has 0 rings (SSSR count). The lowest BCUT2D eigenvalue weighted by Crippen LogP contribution is -2.22. The molecule has 0 saturated heterocycles. The molecule has 10 heavy (non-hydrogen) atoms. The first-order chi connectivity index (χ1) is 4.48. The minimum absolute atomic E-state index is 0.463. The van der Waals surface area contributed by atoms with E-state index in [1.54, 1.807) is 19.9 Å². The van der Waals surface area contributed by atoms with Gasteiger partial charge in [0.1, 0.15) is 5.60 Å². The second kappa shape index (κ2) is 3.37. The number of carbonyl (C=O) groups excluding carboxylic acids is 1. The van der Waals surface area contributed by atoms with Crippen molar-refractivity contribution in [3.63, 3.8) is 0 Å². The van der Waals surface area contributed by atoms with E-state index in [0.717, 1.165) is 0 Å². The van der Waals surface area contributed by atoms with Crippen LogP contribution in [0, 0.1) is 0 Å². The molecule has 0 unspecified atom stereocenters. The van der Waals surface area contributed by atoms with Gasteiger partial charge in [0.2, 0.25) is 0 Å². The molecular formula is C7H12O3. The van der Waals surface area contributed by atoms with E-state index < -0.39 is 11.6 Å². The molecule has 0 radical (unpaired) electrons. The maximum absolute atomic E-state index is 10.2. The van der Waals surface area contributed by atoms with E-state index in [9.17, 15) is 4.79 Å². The van der Waals surface area contributed by atoms with Crippen LogP contribution in [-0.4, -0.2) is 11.6 Å². The van der Waals surface area contributed by atoms with Gasteiger partial charge in [-0.1, -0.05) is 6.08 Å². The molecule has 0 N–H and O–H groups in total. The quantitative estimate of drug-likeness (QED) is 0.341. The fourth-order valence-electron chi connectivity index (χ4n) is 0.200. The molecule has 3 nitrogen and oxygen atoms in total. The van der Waals surface area contributed by atoms with E-state index in [4.69, 9.17) is 0 Å². The molecule has 0 bridgehead atoms. The Morgan fingerprint density at radius 1 is 1.60 bits per heavy atom. The smallest absolute Gasteiger partial charge is 0.298 e. The molecule has 58 valence electrons. The zero-order valence-corrected chi connectivity index (χ0v) is 6.51. The summed E-state index contributed by atoms with van der Waals surface area (Å²) in [6.07, 6.45) is 1.55. The van der Waals surface area contributed by atoms with Gasteiger partial charge in [-0.2, -0.15) is 4.89 Å². The predicted octanol–water partition coefficient (Wildman–Crippen LogP) is 1.45. The molecule has 0 amide bonds. The van der Waals surface area contributed by atoms with Crippen molar-refractivity contribution >= 4 is 5.97 Å². The van der Waals surface area contributed by atoms with Crippen LogP contribution < -0.4 is 0 Å². The van der Waals surface area contributed by atoms with Crippen molar-refractivity contribution in [2.45, 2.75) is 26.4 Å². The molecule has 0 aliphatic carbocycles. The normalized spacial score (nSPS) is 10.7. The van der Waals surface area contributed by atoms with Gasteiger partial charge in [-0.3, -0.25) is 4.89 Å². The largest absolute Gasteiger partial charge is 0.339 e. The third kappa shape index (κ3) is 4.09. The molecule has 0 aromatic rings. The Labute approximate surface area is 60.6 Å². The van der Waals surface area contributed by atoms with Gasteiger partial charge in [-0.25, -0.2) is 4.79 Å². The summed E-state index contributed by atoms with van der Waals surface area (Å²) in [5, 5.41) is 0. The van der Waals surface area contributed by atoms with Crippen LogP contribution in [0.5, 0.6) is 0 Å². The van der Waals surface area contributed by atoms with Crippen LogP contribution in [0.3, 0.4) is 0 Å². The zero-order valence-electron chi connectivity index (χ0n) is 6.51. The summed E-state index contributed by atoms with van der Waals surface area (Å²) < 4.78 is 0. The Morgan fingerprint density at radius 3 is 2.40 bits per heavy atom. The molecule has 0 aromatic heterocycles. The van der Waals surface area contributed by atoms with Crippen LogP contribution in [0.1, 0.15) is 20.8 Å². The lowest BCUT2D eigenvalue weighted by Gasteiger charge is -2.16. The highest BCUT2D eigenvalue weighted by molar-refractivity contribution is 5.65. The second-order valence-corrected chi connectivity index (χ2v) is 2.47. The SMILES string of the molecule is C=CC(C)(C)OOC(C)=O. The van der Waals surface area contributed by atoms with Crippen LogP contribution in [0.25, 0.3) is 0 Å². The van der Waals surface area contributed by atoms with Gasteiger partial charge in [0, 0.05) is 6.92 Å². The first-order valence-electron chi connectivity index (χ1n) is 2.98. The molecule has 0 aliphatic rings.